The van der Waals surface area contributed by atoms with E-state index in [2.05, 4.69) is 15.6 Å². The van der Waals surface area contributed by atoms with E-state index >= 15 is 0 Å². The standard InChI is InChI=1S/C20H27N5O2/c1-25(2)11-10-22-19(26)16-7-4-6-15(12-16)14-23-20(21)24-17-8-5-9-18(13-17)27-3/h4-9,12-13H,10-11,14H2,1-3H3,(H,22,26)(H3,21,23,24). The normalized spacial score (nSPS) is 11.3. The summed E-state index contributed by atoms with van der Waals surface area (Å²) in [7, 11) is 5.55. The predicted octanol–water partition coefficient (Wildman–Crippen LogP) is 1.91. The number of rotatable bonds is 8. The zero-order valence-electron chi connectivity index (χ0n) is 16.0. The first-order valence-corrected chi connectivity index (χ1v) is 8.71. The molecule has 0 unspecified atom stereocenters. The van der Waals surface area contributed by atoms with Gasteiger partial charge in [0.05, 0.1) is 13.7 Å². The van der Waals surface area contributed by atoms with E-state index in [1.165, 1.54) is 0 Å². The number of nitrogens with zero attached hydrogens (tertiary/aromatic N) is 2. The van der Waals surface area contributed by atoms with Gasteiger partial charge in [-0.05, 0) is 43.9 Å². The first-order valence-electron chi connectivity index (χ1n) is 8.71. The molecule has 2 aromatic rings. The molecule has 0 aliphatic heterocycles. The maximum Gasteiger partial charge on any atom is 0.251 e. The van der Waals surface area contributed by atoms with Crippen molar-refractivity contribution in [3.63, 3.8) is 0 Å². The first kappa shape index (κ1) is 20.3. The molecule has 0 saturated heterocycles. The van der Waals surface area contributed by atoms with Crippen LogP contribution in [0.4, 0.5) is 5.69 Å². The molecular weight excluding hydrogens is 342 g/mol. The van der Waals surface area contributed by atoms with Crippen LogP contribution in [0.2, 0.25) is 0 Å². The van der Waals surface area contributed by atoms with Gasteiger partial charge >= 0.3 is 0 Å². The lowest BCUT2D eigenvalue weighted by atomic mass is 10.1. The first-order chi connectivity index (χ1) is 13.0. The van der Waals surface area contributed by atoms with Gasteiger partial charge in [0.1, 0.15) is 5.75 Å². The van der Waals surface area contributed by atoms with Crippen LogP contribution in [0.5, 0.6) is 5.75 Å². The zero-order chi connectivity index (χ0) is 19.6. The molecule has 7 heteroatoms. The van der Waals surface area contributed by atoms with Gasteiger partial charge in [0.25, 0.3) is 5.91 Å². The van der Waals surface area contributed by atoms with Crippen molar-refractivity contribution in [1.29, 1.82) is 0 Å². The molecule has 0 aliphatic rings. The van der Waals surface area contributed by atoms with Gasteiger partial charge in [-0.3, -0.25) is 4.79 Å². The van der Waals surface area contributed by atoms with Crippen LogP contribution >= 0.6 is 0 Å². The Hall–Kier alpha value is -3.06. The van der Waals surface area contributed by atoms with E-state index in [9.17, 15) is 4.79 Å². The maximum atomic E-state index is 12.2. The number of likely N-dealkylation sites (N-methyl/N-ethyl adjacent to an activating group) is 1. The molecule has 2 aromatic carbocycles. The highest BCUT2D eigenvalue weighted by atomic mass is 16.5. The number of anilines is 1. The minimum atomic E-state index is -0.0924. The third-order valence-electron chi connectivity index (χ3n) is 3.81. The predicted molar refractivity (Wildman–Crippen MR) is 109 cm³/mol. The Morgan fingerprint density at radius 2 is 1.96 bits per heavy atom. The highest BCUT2D eigenvalue weighted by molar-refractivity contribution is 5.94. The minimum Gasteiger partial charge on any atom is -0.497 e. The van der Waals surface area contributed by atoms with Crippen molar-refractivity contribution in [3.05, 3.63) is 59.7 Å². The van der Waals surface area contributed by atoms with Crippen LogP contribution < -0.4 is 21.1 Å². The van der Waals surface area contributed by atoms with Gasteiger partial charge in [0.2, 0.25) is 0 Å². The van der Waals surface area contributed by atoms with Crippen molar-refractivity contribution >= 4 is 17.6 Å². The van der Waals surface area contributed by atoms with Crippen molar-refractivity contribution in [2.75, 3.05) is 39.6 Å². The van der Waals surface area contributed by atoms with Gasteiger partial charge < -0.3 is 26.0 Å². The largest absolute Gasteiger partial charge is 0.497 e. The summed E-state index contributed by atoms with van der Waals surface area (Å²) in [4.78, 5) is 18.6. The highest BCUT2D eigenvalue weighted by Crippen LogP contribution is 2.16. The molecule has 0 atom stereocenters. The molecule has 27 heavy (non-hydrogen) atoms. The van der Waals surface area contributed by atoms with Crippen molar-refractivity contribution in [1.82, 2.24) is 10.2 Å². The van der Waals surface area contributed by atoms with Gasteiger partial charge in [0, 0.05) is 30.4 Å². The summed E-state index contributed by atoms with van der Waals surface area (Å²) in [6.07, 6.45) is 0. The number of ether oxygens (including phenoxy) is 1. The minimum absolute atomic E-state index is 0.0924. The van der Waals surface area contributed by atoms with Gasteiger partial charge in [-0.25, -0.2) is 4.99 Å². The van der Waals surface area contributed by atoms with Crippen molar-refractivity contribution < 1.29 is 9.53 Å². The van der Waals surface area contributed by atoms with Crippen LogP contribution in [0.15, 0.2) is 53.5 Å². The maximum absolute atomic E-state index is 12.2. The molecule has 144 valence electrons. The Morgan fingerprint density at radius 1 is 1.19 bits per heavy atom. The van der Waals surface area contributed by atoms with E-state index in [-0.39, 0.29) is 5.91 Å². The Bertz CT molecular complexity index is 789. The summed E-state index contributed by atoms with van der Waals surface area (Å²) < 4.78 is 5.18. The smallest absolute Gasteiger partial charge is 0.251 e. The number of nitrogens with two attached hydrogens (primary N) is 1. The molecule has 1 amide bonds. The highest BCUT2D eigenvalue weighted by Gasteiger charge is 2.06. The van der Waals surface area contributed by atoms with E-state index in [1.54, 1.807) is 13.2 Å². The Kier molecular flexibility index (Phi) is 7.63. The van der Waals surface area contributed by atoms with E-state index in [0.717, 1.165) is 23.5 Å². The number of hydrogen-bond acceptors (Lipinski definition) is 4. The zero-order valence-corrected chi connectivity index (χ0v) is 16.0. The molecule has 0 saturated carbocycles. The summed E-state index contributed by atoms with van der Waals surface area (Å²) in [5.74, 6) is 0.940. The monoisotopic (exact) mass is 369 g/mol. The summed E-state index contributed by atoms with van der Waals surface area (Å²) in [5.41, 5.74) is 8.27. The molecule has 4 N–H and O–H groups in total. The number of carbonyl (C=O) groups is 1. The van der Waals surface area contributed by atoms with Crippen LogP contribution in [-0.4, -0.2) is 51.1 Å². The van der Waals surface area contributed by atoms with E-state index < -0.39 is 0 Å². The second-order valence-electron chi connectivity index (χ2n) is 6.32. The summed E-state index contributed by atoms with van der Waals surface area (Å²) in [5, 5.41) is 5.93. The fraction of sp³-hybridized carbons (Fsp3) is 0.300. The number of benzene rings is 2. The fourth-order valence-electron chi connectivity index (χ4n) is 2.37. The average Bonchev–Trinajstić information content (AvgIpc) is 2.66. The molecule has 0 spiro atoms. The third-order valence-corrected chi connectivity index (χ3v) is 3.81. The number of carbonyl (C=O) groups excluding carboxylic acids is 1. The van der Waals surface area contributed by atoms with Gasteiger partial charge in [-0.2, -0.15) is 0 Å². The molecule has 7 nitrogen and oxygen atoms in total. The van der Waals surface area contributed by atoms with Crippen molar-refractivity contribution in [2.24, 2.45) is 10.7 Å². The number of methoxy groups -OCH3 is 1. The summed E-state index contributed by atoms with van der Waals surface area (Å²) in [6.45, 7) is 1.77. The lowest BCUT2D eigenvalue weighted by Crippen LogP contribution is -2.31. The number of nitrogens with one attached hydrogen (secondary N) is 2. The Labute approximate surface area is 160 Å². The molecule has 0 heterocycles. The number of guanidine groups is 1. The van der Waals surface area contributed by atoms with Crippen LogP contribution in [0, 0.1) is 0 Å². The quantitative estimate of drug-likeness (QED) is 0.488. The number of amides is 1. The number of hydrogen-bond donors (Lipinski definition) is 3. The second kappa shape index (κ2) is 10.2. The molecule has 0 fully saturated rings. The fourth-order valence-corrected chi connectivity index (χ4v) is 2.37. The van der Waals surface area contributed by atoms with E-state index in [1.807, 2.05) is 61.5 Å². The average molecular weight is 369 g/mol. The summed E-state index contributed by atoms with van der Waals surface area (Å²) >= 11 is 0. The van der Waals surface area contributed by atoms with Crippen LogP contribution in [-0.2, 0) is 6.54 Å². The van der Waals surface area contributed by atoms with E-state index in [0.29, 0.717) is 24.6 Å². The van der Waals surface area contributed by atoms with Crippen LogP contribution in [0.3, 0.4) is 0 Å². The molecular formula is C20H27N5O2. The lowest BCUT2D eigenvalue weighted by molar-refractivity contribution is 0.0951. The van der Waals surface area contributed by atoms with Crippen molar-refractivity contribution in [3.8, 4) is 5.75 Å². The molecule has 0 aliphatic carbocycles. The topological polar surface area (TPSA) is 92.0 Å². The lowest BCUT2D eigenvalue weighted by Gasteiger charge is -2.11. The molecule has 0 bridgehead atoms. The van der Waals surface area contributed by atoms with Gasteiger partial charge in [-0.15, -0.1) is 0 Å². The van der Waals surface area contributed by atoms with Gasteiger partial charge in [0.15, 0.2) is 5.96 Å². The number of aliphatic imine (C=N–C) groups is 1. The SMILES string of the molecule is COc1cccc(NC(N)=NCc2cccc(C(=O)NCCN(C)C)c2)c1. The third kappa shape index (κ3) is 6.99. The molecule has 0 radical (unpaired) electrons. The van der Waals surface area contributed by atoms with Gasteiger partial charge in [-0.1, -0.05) is 18.2 Å². The molecule has 2 rings (SSSR count). The van der Waals surface area contributed by atoms with Crippen LogP contribution in [0.25, 0.3) is 0 Å². The second-order valence-corrected chi connectivity index (χ2v) is 6.32. The Morgan fingerprint density at radius 3 is 2.70 bits per heavy atom. The molecule has 0 aromatic heterocycles. The van der Waals surface area contributed by atoms with E-state index in [4.69, 9.17) is 10.5 Å². The van der Waals surface area contributed by atoms with Crippen molar-refractivity contribution in [2.45, 2.75) is 6.54 Å². The summed E-state index contributed by atoms with van der Waals surface area (Å²) in [6, 6.07) is 14.8. The Balaban J connectivity index is 1.94. The van der Waals surface area contributed by atoms with Crippen LogP contribution in [0.1, 0.15) is 15.9 Å².